The molecule has 1 atom stereocenters. The normalized spacial score (nSPS) is 24.6. The van der Waals surface area contributed by atoms with Crippen LogP contribution in [0, 0.1) is 5.92 Å². The molecule has 2 N–H and O–H groups in total. The minimum atomic E-state index is -0.313. The summed E-state index contributed by atoms with van der Waals surface area (Å²) in [7, 11) is 1.71. The molecule has 0 spiro atoms. The highest BCUT2D eigenvalue weighted by Gasteiger charge is 2.34. The van der Waals surface area contributed by atoms with Crippen LogP contribution < -0.4 is 5.32 Å². The molecule has 1 unspecified atom stereocenters. The largest absolute Gasteiger partial charge is 0.483 e. The van der Waals surface area contributed by atoms with Crippen molar-refractivity contribution in [2.45, 2.75) is 51.2 Å². The Balaban J connectivity index is 0.000000878. The molecule has 1 aliphatic carbocycles. The number of carboxylic acid groups (broad SMARTS) is 1. The van der Waals surface area contributed by atoms with Crippen LogP contribution in [0.4, 0.5) is 0 Å². The molecule has 0 radical (unpaired) electrons. The molecule has 1 aromatic heterocycles. The number of hydrogen-bond acceptors (Lipinski definition) is 7. The van der Waals surface area contributed by atoms with Gasteiger partial charge >= 0.3 is 0 Å². The average Bonchev–Trinajstić information content (AvgIpc) is 3.15. The Bertz CT molecular complexity index is 658. The zero-order valence-corrected chi connectivity index (χ0v) is 16.3. The predicted molar refractivity (Wildman–Crippen MR) is 96.9 cm³/mol. The molecule has 1 aliphatic heterocycles. The average molecular weight is 396 g/mol. The molecule has 28 heavy (non-hydrogen) atoms. The molecule has 11 nitrogen and oxygen atoms in total. The third kappa shape index (κ3) is 5.98. The van der Waals surface area contributed by atoms with Gasteiger partial charge in [0.1, 0.15) is 6.10 Å². The van der Waals surface area contributed by atoms with Crippen LogP contribution in [0.15, 0.2) is 0 Å². The maximum atomic E-state index is 12.8. The zero-order valence-electron chi connectivity index (χ0n) is 16.3. The first-order valence-corrected chi connectivity index (χ1v) is 9.49. The molecule has 2 heterocycles. The van der Waals surface area contributed by atoms with E-state index >= 15 is 0 Å². The highest BCUT2D eigenvalue weighted by molar-refractivity contribution is 5.79. The second-order valence-corrected chi connectivity index (χ2v) is 6.86. The van der Waals surface area contributed by atoms with Gasteiger partial charge in [-0.15, -0.1) is 10.2 Å². The third-order valence-corrected chi connectivity index (χ3v) is 4.95. The summed E-state index contributed by atoms with van der Waals surface area (Å²) in [6.45, 7) is 3.15. The van der Waals surface area contributed by atoms with Gasteiger partial charge in [-0.05, 0) is 30.9 Å². The van der Waals surface area contributed by atoms with Crippen LogP contribution in [-0.4, -0.2) is 74.2 Å². The van der Waals surface area contributed by atoms with E-state index in [1.54, 1.807) is 7.05 Å². The molecule has 2 amide bonds. The van der Waals surface area contributed by atoms with E-state index in [1.165, 1.54) is 4.80 Å². The third-order valence-electron chi connectivity index (χ3n) is 4.95. The van der Waals surface area contributed by atoms with Crippen LogP contribution in [0.3, 0.4) is 0 Å². The maximum Gasteiger partial charge on any atom is 0.290 e. The number of aromatic nitrogens is 4. The van der Waals surface area contributed by atoms with E-state index in [0.717, 1.165) is 25.7 Å². The maximum absolute atomic E-state index is 12.8. The molecule has 1 saturated heterocycles. The lowest BCUT2D eigenvalue weighted by Gasteiger charge is -2.36. The summed E-state index contributed by atoms with van der Waals surface area (Å²) < 4.78 is 5.70. The number of tetrazole rings is 1. The molecule has 0 bridgehead atoms. The number of carbonyl (C=O) groups is 3. The summed E-state index contributed by atoms with van der Waals surface area (Å²) in [6.07, 6.45) is 3.55. The summed E-state index contributed by atoms with van der Waals surface area (Å²) in [5, 5.41) is 21.9. The van der Waals surface area contributed by atoms with Gasteiger partial charge in [0.15, 0.2) is 0 Å². The first kappa shape index (κ1) is 21.7. The summed E-state index contributed by atoms with van der Waals surface area (Å²) in [6, 6.07) is 0.206. The lowest BCUT2D eigenvalue weighted by Crippen LogP contribution is -2.47. The Morgan fingerprint density at radius 2 is 2.00 bits per heavy atom. The van der Waals surface area contributed by atoms with Crippen molar-refractivity contribution in [1.29, 1.82) is 0 Å². The van der Waals surface area contributed by atoms with Gasteiger partial charge in [-0.25, -0.2) is 0 Å². The second-order valence-electron chi connectivity index (χ2n) is 6.86. The first-order valence-electron chi connectivity index (χ1n) is 9.49. The van der Waals surface area contributed by atoms with Crippen LogP contribution in [0.1, 0.15) is 51.0 Å². The summed E-state index contributed by atoms with van der Waals surface area (Å²) in [4.78, 5) is 36.0. The number of rotatable bonds is 4. The van der Waals surface area contributed by atoms with Crippen molar-refractivity contribution in [2.24, 2.45) is 13.0 Å². The number of hydrogen-bond donors (Lipinski definition) is 2. The Morgan fingerprint density at radius 3 is 2.57 bits per heavy atom. The lowest BCUT2D eigenvalue weighted by molar-refractivity contribution is -0.144. The van der Waals surface area contributed by atoms with E-state index in [4.69, 9.17) is 14.6 Å². The molecule has 156 valence electrons. The van der Waals surface area contributed by atoms with Crippen molar-refractivity contribution in [3.8, 4) is 0 Å². The van der Waals surface area contributed by atoms with E-state index < -0.39 is 0 Å². The van der Waals surface area contributed by atoms with Gasteiger partial charge in [0.25, 0.3) is 6.47 Å². The Kier molecular flexibility index (Phi) is 8.30. The lowest BCUT2D eigenvalue weighted by atomic mass is 9.85. The number of nitrogens with zero attached hydrogens (tertiary/aromatic N) is 5. The number of ether oxygens (including phenoxy) is 1. The van der Waals surface area contributed by atoms with Gasteiger partial charge in [-0.3, -0.25) is 14.4 Å². The Morgan fingerprint density at radius 1 is 1.32 bits per heavy atom. The Hall–Kier alpha value is -2.56. The van der Waals surface area contributed by atoms with Crippen molar-refractivity contribution in [2.75, 3.05) is 19.7 Å². The van der Waals surface area contributed by atoms with Crippen molar-refractivity contribution < 1.29 is 24.2 Å². The van der Waals surface area contributed by atoms with Gasteiger partial charge < -0.3 is 20.1 Å². The fraction of sp³-hybridized carbons (Fsp3) is 0.765. The van der Waals surface area contributed by atoms with Crippen molar-refractivity contribution in [3.63, 3.8) is 0 Å². The van der Waals surface area contributed by atoms with E-state index in [2.05, 4.69) is 20.7 Å². The first-order chi connectivity index (χ1) is 13.5. The van der Waals surface area contributed by atoms with Crippen LogP contribution in [0.5, 0.6) is 0 Å². The summed E-state index contributed by atoms with van der Waals surface area (Å²) in [5.41, 5.74) is 0. The molecule has 2 aliphatic rings. The van der Waals surface area contributed by atoms with Crippen LogP contribution in [0.2, 0.25) is 0 Å². The van der Waals surface area contributed by atoms with Crippen molar-refractivity contribution in [1.82, 2.24) is 30.4 Å². The Labute approximate surface area is 163 Å². The van der Waals surface area contributed by atoms with Gasteiger partial charge in [-0.2, -0.15) is 4.80 Å². The van der Waals surface area contributed by atoms with Crippen molar-refractivity contribution in [3.05, 3.63) is 5.82 Å². The molecular weight excluding hydrogens is 368 g/mol. The quantitative estimate of drug-likeness (QED) is 0.672. The van der Waals surface area contributed by atoms with E-state index in [-0.39, 0.29) is 36.4 Å². The topological polar surface area (TPSA) is 140 Å². The number of amides is 2. The van der Waals surface area contributed by atoms with Crippen LogP contribution in [-0.2, 0) is 26.2 Å². The highest BCUT2D eigenvalue weighted by Crippen LogP contribution is 2.28. The molecule has 1 saturated carbocycles. The van der Waals surface area contributed by atoms with Crippen LogP contribution in [0.25, 0.3) is 0 Å². The molecule has 2 fully saturated rings. The number of aryl methyl sites for hydroxylation is 1. The molecular formula is C17H28N6O5. The van der Waals surface area contributed by atoms with E-state index in [0.29, 0.717) is 31.9 Å². The fourth-order valence-corrected chi connectivity index (χ4v) is 3.51. The standard InChI is InChI=1S/C16H26N6O3.CH2O2/c1-3-14(23)17-12-6-4-11(5-7-12)16(24)22-8-9-25-13(10-22)15-18-20-21(2)19-15;2-1-3/h11-13H,3-10H2,1-2H3,(H,17,23);1H,(H,2,3). The number of carbonyl (C=O) groups excluding carboxylic acids is 2. The van der Waals surface area contributed by atoms with Gasteiger partial charge in [0, 0.05) is 24.9 Å². The summed E-state index contributed by atoms with van der Waals surface area (Å²) in [5.74, 6) is 0.814. The molecule has 1 aromatic rings. The molecule has 11 heteroatoms. The zero-order chi connectivity index (χ0) is 20.5. The van der Waals surface area contributed by atoms with E-state index in [9.17, 15) is 9.59 Å². The molecule has 3 rings (SSSR count). The van der Waals surface area contributed by atoms with E-state index in [1.807, 2.05) is 11.8 Å². The van der Waals surface area contributed by atoms with Crippen molar-refractivity contribution >= 4 is 18.3 Å². The summed E-state index contributed by atoms with van der Waals surface area (Å²) >= 11 is 0. The monoisotopic (exact) mass is 396 g/mol. The van der Waals surface area contributed by atoms with Crippen LogP contribution >= 0.6 is 0 Å². The van der Waals surface area contributed by atoms with Gasteiger partial charge in [0.2, 0.25) is 17.6 Å². The van der Waals surface area contributed by atoms with Gasteiger partial charge in [0.05, 0.1) is 20.2 Å². The number of morpholine rings is 1. The predicted octanol–water partition coefficient (Wildman–Crippen LogP) is -0.104. The SMILES string of the molecule is CCC(=O)NC1CCC(C(=O)N2CCOC(c3nnn(C)n3)C2)CC1.O=CO. The fourth-order valence-electron chi connectivity index (χ4n) is 3.51. The smallest absolute Gasteiger partial charge is 0.290 e. The minimum absolute atomic E-state index is 0.0309. The van der Waals surface area contributed by atoms with Gasteiger partial charge in [-0.1, -0.05) is 6.92 Å². The second kappa shape index (κ2) is 10.7. The number of nitrogens with one attached hydrogen (secondary N) is 1. The highest BCUT2D eigenvalue weighted by atomic mass is 16.5. The molecule has 0 aromatic carbocycles. The minimum Gasteiger partial charge on any atom is -0.483 e.